The van der Waals surface area contributed by atoms with E-state index in [0.29, 0.717) is 0 Å². The van der Waals surface area contributed by atoms with E-state index in [2.05, 4.69) is 53.1 Å². The average molecular weight is 265 g/mol. The Hall–Kier alpha value is -1.09. The lowest BCUT2D eigenvalue weighted by atomic mass is 10.1. The first-order valence-corrected chi connectivity index (χ1v) is 6.00. The van der Waals surface area contributed by atoms with Gasteiger partial charge in [-0.15, -0.1) is 0 Å². The largest absolute Gasteiger partial charge is 0.241 e. The fraction of sp³-hybridized carbons (Fsp3) is 0.250. The Labute approximate surface area is 98.1 Å². The summed E-state index contributed by atoms with van der Waals surface area (Å²) >= 11 is 3.40. The zero-order valence-electron chi connectivity index (χ0n) is 8.87. The van der Waals surface area contributed by atoms with Crippen LogP contribution in [0.1, 0.15) is 16.8 Å². The van der Waals surface area contributed by atoms with Crippen molar-refractivity contribution in [3.63, 3.8) is 0 Å². The van der Waals surface area contributed by atoms with E-state index in [0.717, 1.165) is 16.7 Å². The second-order valence-electron chi connectivity index (χ2n) is 3.73. The third-order valence-corrected chi connectivity index (χ3v) is 2.83. The third kappa shape index (κ3) is 2.29. The first kappa shape index (κ1) is 10.4. The number of hydrogen-bond donors (Lipinski definition) is 0. The van der Waals surface area contributed by atoms with Crippen molar-refractivity contribution in [2.24, 2.45) is 0 Å². The Morgan fingerprint density at radius 1 is 1.20 bits per heavy atom. The van der Waals surface area contributed by atoms with Crippen LogP contribution in [0, 0.1) is 13.8 Å². The molecule has 1 heterocycles. The molecule has 0 aliphatic rings. The fourth-order valence-corrected chi connectivity index (χ4v) is 1.96. The van der Waals surface area contributed by atoms with Crippen LogP contribution in [0.3, 0.4) is 0 Å². The first-order valence-electron chi connectivity index (χ1n) is 4.88. The molecule has 0 N–H and O–H groups in total. The molecule has 0 saturated heterocycles. The fourth-order valence-electron chi connectivity index (χ4n) is 1.66. The van der Waals surface area contributed by atoms with Gasteiger partial charge in [0.2, 0.25) is 0 Å². The van der Waals surface area contributed by atoms with E-state index in [-0.39, 0.29) is 0 Å². The molecule has 2 aromatic rings. The number of halogens is 1. The standard InChI is InChI=1S/C12H13BrN2/c1-9-5-10(2)7-12(6-9)15-4-3-11(8-13)14-15/h3-7H,8H2,1-2H3. The molecule has 0 bridgehead atoms. The number of hydrogen-bond acceptors (Lipinski definition) is 1. The van der Waals surface area contributed by atoms with Gasteiger partial charge in [0.05, 0.1) is 11.4 Å². The molecule has 0 fully saturated rings. The van der Waals surface area contributed by atoms with Crippen LogP contribution in [-0.2, 0) is 5.33 Å². The molecule has 0 aliphatic heterocycles. The van der Waals surface area contributed by atoms with Gasteiger partial charge in [0, 0.05) is 11.5 Å². The van der Waals surface area contributed by atoms with Crippen molar-refractivity contribution in [1.29, 1.82) is 0 Å². The molecule has 0 saturated carbocycles. The summed E-state index contributed by atoms with van der Waals surface area (Å²) in [5.74, 6) is 0. The van der Waals surface area contributed by atoms with Crippen LogP contribution in [-0.4, -0.2) is 9.78 Å². The predicted molar refractivity (Wildman–Crippen MR) is 65.7 cm³/mol. The summed E-state index contributed by atoms with van der Waals surface area (Å²) in [5, 5.41) is 5.25. The van der Waals surface area contributed by atoms with Crippen molar-refractivity contribution in [2.45, 2.75) is 19.2 Å². The molecule has 15 heavy (non-hydrogen) atoms. The van der Waals surface area contributed by atoms with E-state index in [4.69, 9.17) is 0 Å². The Kier molecular flexibility index (Phi) is 2.91. The lowest BCUT2D eigenvalue weighted by Gasteiger charge is -2.04. The third-order valence-electron chi connectivity index (χ3n) is 2.25. The highest BCUT2D eigenvalue weighted by atomic mass is 79.9. The number of alkyl halides is 1. The molecular formula is C12H13BrN2. The minimum absolute atomic E-state index is 0.796. The van der Waals surface area contributed by atoms with Gasteiger partial charge in [-0.05, 0) is 43.2 Å². The average Bonchev–Trinajstić information content (AvgIpc) is 2.64. The van der Waals surface area contributed by atoms with Crippen molar-refractivity contribution < 1.29 is 0 Å². The molecule has 3 heteroatoms. The van der Waals surface area contributed by atoms with Gasteiger partial charge < -0.3 is 0 Å². The van der Waals surface area contributed by atoms with Crippen LogP contribution in [0.15, 0.2) is 30.5 Å². The summed E-state index contributed by atoms with van der Waals surface area (Å²) in [7, 11) is 0. The smallest absolute Gasteiger partial charge is 0.0734 e. The van der Waals surface area contributed by atoms with Crippen molar-refractivity contribution in [3.8, 4) is 5.69 Å². The second-order valence-corrected chi connectivity index (χ2v) is 4.29. The zero-order chi connectivity index (χ0) is 10.8. The van der Waals surface area contributed by atoms with Crippen molar-refractivity contribution in [2.75, 3.05) is 0 Å². The Balaban J connectivity index is 2.44. The highest BCUT2D eigenvalue weighted by molar-refractivity contribution is 9.08. The minimum atomic E-state index is 0.796. The van der Waals surface area contributed by atoms with Crippen LogP contribution < -0.4 is 0 Å². The molecule has 0 unspecified atom stereocenters. The summed E-state index contributed by atoms with van der Waals surface area (Å²) in [4.78, 5) is 0. The lowest BCUT2D eigenvalue weighted by molar-refractivity contribution is 0.858. The number of aryl methyl sites for hydroxylation is 2. The normalized spacial score (nSPS) is 10.6. The maximum absolute atomic E-state index is 4.45. The van der Waals surface area contributed by atoms with Crippen LogP contribution in [0.4, 0.5) is 0 Å². The molecule has 1 aromatic carbocycles. The number of benzene rings is 1. The molecule has 0 atom stereocenters. The van der Waals surface area contributed by atoms with E-state index < -0.39 is 0 Å². The van der Waals surface area contributed by atoms with E-state index in [1.165, 1.54) is 11.1 Å². The SMILES string of the molecule is Cc1cc(C)cc(-n2ccc(CBr)n2)c1. The van der Waals surface area contributed by atoms with Crippen LogP contribution >= 0.6 is 15.9 Å². The lowest BCUT2D eigenvalue weighted by Crippen LogP contribution is -1.96. The van der Waals surface area contributed by atoms with E-state index in [1.54, 1.807) is 0 Å². The monoisotopic (exact) mass is 264 g/mol. The molecule has 0 spiro atoms. The van der Waals surface area contributed by atoms with Gasteiger partial charge in [0.1, 0.15) is 0 Å². The Morgan fingerprint density at radius 3 is 2.40 bits per heavy atom. The number of aromatic nitrogens is 2. The van der Waals surface area contributed by atoms with Crippen molar-refractivity contribution >= 4 is 15.9 Å². The highest BCUT2D eigenvalue weighted by Gasteiger charge is 2.01. The molecular weight excluding hydrogens is 252 g/mol. The molecule has 78 valence electrons. The topological polar surface area (TPSA) is 17.8 Å². The maximum atomic E-state index is 4.45. The molecule has 2 nitrogen and oxygen atoms in total. The van der Waals surface area contributed by atoms with Gasteiger partial charge in [-0.2, -0.15) is 5.10 Å². The second kappa shape index (κ2) is 4.19. The summed E-state index contributed by atoms with van der Waals surface area (Å²) in [6, 6.07) is 8.46. The van der Waals surface area contributed by atoms with Gasteiger partial charge in [-0.3, -0.25) is 0 Å². The highest BCUT2D eigenvalue weighted by Crippen LogP contribution is 2.13. The quantitative estimate of drug-likeness (QED) is 0.761. The Morgan fingerprint density at radius 2 is 1.87 bits per heavy atom. The van der Waals surface area contributed by atoms with Crippen LogP contribution in [0.25, 0.3) is 5.69 Å². The van der Waals surface area contributed by atoms with Gasteiger partial charge in [0.15, 0.2) is 0 Å². The summed E-state index contributed by atoms with van der Waals surface area (Å²) in [6.45, 7) is 4.21. The van der Waals surface area contributed by atoms with E-state index in [9.17, 15) is 0 Å². The van der Waals surface area contributed by atoms with Crippen LogP contribution in [0.5, 0.6) is 0 Å². The van der Waals surface area contributed by atoms with Gasteiger partial charge in [0.25, 0.3) is 0 Å². The van der Waals surface area contributed by atoms with E-state index in [1.807, 2.05) is 16.9 Å². The van der Waals surface area contributed by atoms with Gasteiger partial charge in [-0.1, -0.05) is 22.0 Å². The van der Waals surface area contributed by atoms with Crippen molar-refractivity contribution in [1.82, 2.24) is 9.78 Å². The first-order chi connectivity index (χ1) is 7.19. The zero-order valence-corrected chi connectivity index (χ0v) is 10.5. The number of rotatable bonds is 2. The summed E-state index contributed by atoms with van der Waals surface area (Å²) in [5.41, 5.74) is 4.70. The summed E-state index contributed by atoms with van der Waals surface area (Å²) < 4.78 is 1.91. The predicted octanol–water partition coefficient (Wildman–Crippen LogP) is 3.38. The molecule has 2 rings (SSSR count). The van der Waals surface area contributed by atoms with E-state index >= 15 is 0 Å². The summed E-state index contributed by atoms with van der Waals surface area (Å²) in [6.07, 6.45) is 1.99. The van der Waals surface area contributed by atoms with Crippen LogP contribution in [0.2, 0.25) is 0 Å². The van der Waals surface area contributed by atoms with Gasteiger partial charge >= 0.3 is 0 Å². The Bertz CT molecular complexity index is 454. The van der Waals surface area contributed by atoms with Gasteiger partial charge in [-0.25, -0.2) is 4.68 Å². The van der Waals surface area contributed by atoms with Crippen molar-refractivity contribution in [3.05, 3.63) is 47.3 Å². The number of nitrogens with zero attached hydrogens (tertiary/aromatic N) is 2. The molecule has 0 radical (unpaired) electrons. The maximum Gasteiger partial charge on any atom is 0.0734 e. The molecule has 0 amide bonds. The minimum Gasteiger partial charge on any atom is -0.241 e. The molecule has 1 aromatic heterocycles. The molecule has 0 aliphatic carbocycles.